The molecule has 0 bridgehead atoms. The summed E-state index contributed by atoms with van der Waals surface area (Å²) in [5.41, 5.74) is 12.8. The van der Waals surface area contributed by atoms with Crippen LogP contribution >= 0.6 is 0 Å². The Balaban J connectivity index is 1.62. The summed E-state index contributed by atoms with van der Waals surface area (Å²) in [6.07, 6.45) is 0.973. The zero-order valence-electron chi connectivity index (χ0n) is 22.5. The topological polar surface area (TPSA) is 148 Å². The van der Waals surface area contributed by atoms with Gasteiger partial charge in [0, 0.05) is 16.9 Å². The Morgan fingerprint density at radius 3 is 2.29 bits per heavy atom. The predicted molar refractivity (Wildman–Crippen MR) is 151 cm³/mol. The van der Waals surface area contributed by atoms with E-state index < -0.39 is 35.2 Å². The zero-order valence-corrected chi connectivity index (χ0v) is 22.5. The number of benzene rings is 3. The van der Waals surface area contributed by atoms with E-state index >= 15 is 0 Å². The number of nitrogens with one attached hydrogen (secondary N) is 2. The number of carbonyl (C=O) groups excluding carboxylic acids is 2. The maximum absolute atomic E-state index is 13.5. The van der Waals surface area contributed by atoms with E-state index in [0.29, 0.717) is 17.2 Å². The van der Waals surface area contributed by atoms with E-state index in [-0.39, 0.29) is 17.8 Å². The summed E-state index contributed by atoms with van der Waals surface area (Å²) in [7, 11) is 0. The minimum Gasteiger partial charge on any atom is -0.366 e. The van der Waals surface area contributed by atoms with Gasteiger partial charge in [-0.1, -0.05) is 43.5 Å². The van der Waals surface area contributed by atoms with E-state index in [0.717, 1.165) is 25.0 Å². The third-order valence-electron chi connectivity index (χ3n) is 7.10. The highest BCUT2D eigenvalue weighted by atomic mass is 19.4. The zero-order chi connectivity index (χ0) is 30.3. The first-order valence-corrected chi connectivity index (χ1v) is 13.2. The van der Waals surface area contributed by atoms with Gasteiger partial charge in [0.25, 0.3) is 5.91 Å². The lowest BCUT2D eigenvalue weighted by Crippen LogP contribution is -2.34. The lowest BCUT2D eigenvalue weighted by molar-refractivity contribution is -0.137. The molecule has 0 radical (unpaired) electrons. The molecular weight excluding hydrogens is 547 g/mol. The second-order valence-electron chi connectivity index (χ2n) is 9.90. The third kappa shape index (κ3) is 7.37. The lowest BCUT2D eigenvalue weighted by Gasteiger charge is -2.26. The molecule has 1 fully saturated rings. The Labute approximate surface area is 240 Å². The minimum absolute atomic E-state index is 0.0267. The second-order valence-corrected chi connectivity index (χ2v) is 9.90. The van der Waals surface area contributed by atoms with Gasteiger partial charge < -0.3 is 11.1 Å². The number of nitrogens with two attached hydrogens (primary N) is 1. The Kier molecular flexibility index (Phi) is 9.32. The van der Waals surface area contributed by atoms with Gasteiger partial charge >= 0.3 is 12.2 Å². The molecule has 0 heterocycles. The Bertz CT molecular complexity index is 1520. The van der Waals surface area contributed by atoms with Crippen LogP contribution in [0.3, 0.4) is 0 Å². The maximum Gasteiger partial charge on any atom is 0.417 e. The first kappa shape index (κ1) is 29.9. The fourth-order valence-electron chi connectivity index (χ4n) is 4.92. The van der Waals surface area contributed by atoms with Crippen LogP contribution in [0, 0.1) is 16.9 Å². The molecule has 1 saturated carbocycles. The van der Waals surface area contributed by atoms with Gasteiger partial charge in [-0.05, 0) is 72.4 Å². The van der Waals surface area contributed by atoms with E-state index in [1.807, 2.05) is 24.3 Å². The van der Waals surface area contributed by atoms with Gasteiger partial charge in [-0.15, -0.1) is 5.11 Å². The lowest BCUT2D eigenvalue weighted by atomic mass is 9.84. The number of guanidine groups is 1. The number of carbonyl (C=O) groups is 2. The SMILES string of the molecule is N#Cc1ccc(NC(=O)N(Cc2ccc(C(=O)N=C(N)N=N)cc2)c2ccc(C3CCCCC3)cc2)cc1C(F)(F)F. The standard InChI is InChI=1S/C30H28F3N7O2/c31-30(32,33)26-16-24(13-10-23(26)17-34)37-29(42)40(25-14-11-21(12-15-25)20-4-2-1-3-5-20)18-19-6-8-22(9-7-19)27(41)38-28(35)39-36/h6-16,20,36H,1-5,18H2,(H,37,42)(H2,35,38,41). The van der Waals surface area contributed by atoms with Crippen LogP contribution in [0.25, 0.3) is 0 Å². The number of nitrogens with zero attached hydrogens (tertiary/aromatic N) is 4. The van der Waals surface area contributed by atoms with Crippen molar-refractivity contribution in [3.05, 3.63) is 94.5 Å². The molecule has 216 valence electrons. The van der Waals surface area contributed by atoms with Crippen LogP contribution in [-0.2, 0) is 12.7 Å². The summed E-state index contributed by atoms with van der Waals surface area (Å²) < 4.78 is 40.5. The van der Waals surface area contributed by atoms with E-state index in [1.54, 1.807) is 12.1 Å². The molecule has 3 aromatic rings. The van der Waals surface area contributed by atoms with Gasteiger partial charge in [0.2, 0.25) is 5.96 Å². The Morgan fingerprint density at radius 2 is 1.69 bits per heavy atom. The number of halogens is 3. The van der Waals surface area contributed by atoms with E-state index in [9.17, 15) is 22.8 Å². The summed E-state index contributed by atoms with van der Waals surface area (Å²) in [6, 6.07) is 17.6. The Hall–Kier alpha value is -5.05. The van der Waals surface area contributed by atoms with Crippen molar-refractivity contribution in [2.45, 2.75) is 50.7 Å². The van der Waals surface area contributed by atoms with Crippen molar-refractivity contribution in [2.24, 2.45) is 15.8 Å². The van der Waals surface area contributed by atoms with Crippen molar-refractivity contribution in [1.82, 2.24) is 0 Å². The van der Waals surface area contributed by atoms with Gasteiger partial charge in [0.05, 0.1) is 23.7 Å². The maximum atomic E-state index is 13.5. The van der Waals surface area contributed by atoms with Crippen molar-refractivity contribution in [3.8, 4) is 6.07 Å². The van der Waals surface area contributed by atoms with Gasteiger partial charge in [-0.25, -0.2) is 10.3 Å². The molecule has 0 aliphatic heterocycles. The molecule has 12 heteroatoms. The van der Waals surface area contributed by atoms with Crippen molar-refractivity contribution >= 4 is 29.3 Å². The van der Waals surface area contributed by atoms with E-state index in [4.69, 9.17) is 16.5 Å². The highest BCUT2D eigenvalue weighted by Gasteiger charge is 2.34. The summed E-state index contributed by atoms with van der Waals surface area (Å²) in [4.78, 5) is 30.6. The monoisotopic (exact) mass is 575 g/mol. The molecule has 0 atom stereocenters. The minimum atomic E-state index is -4.77. The summed E-state index contributed by atoms with van der Waals surface area (Å²) in [5, 5.41) is 14.5. The number of rotatable bonds is 6. The van der Waals surface area contributed by atoms with Gasteiger partial charge in [-0.3, -0.25) is 9.69 Å². The number of amides is 3. The molecule has 1 aliphatic carbocycles. The highest BCUT2D eigenvalue weighted by Crippen LogP contribution is 2.35. The van der Waals surface area contributed by atoms with Crippen molar-refractivity contribution in [1.29, 1.82) is 10.8 Å². The van der Waals surface area contributed by atoms with Crippen molar-refractivity contribution in [3.63, 3.8) is 0 Å². The smallest absolute Gasteiger partial charge is 0.366 e. The summed E-state index contributed by atoms with van der Waals surface area (Å²) in [5.74, 6) is -0.733. The summed E-state index contributed by atoms with van der Waals surface area (Å²) in [6.45, 7) is 0.0267. The van der Waals surface area contributed by atoms with Crippen LogP contribution in [-0.4, -0.2) is 17.9 Å². The predicted octanol–water partition coefficient (Wildman–Crippen LogP) is 7.35. The fraction of sp³-hybridized carbons (Fsp3) is 0.267. The van der Waals surface area contributed by atoms with Gasteiger partial charge in [0.15, 0.2) is 0 Å². The molecule has 3 amide bonds. The molecule has 3 aromatic carbocycles. The normalized spacial score (nSPS) is 14.1. The molecular formula is C30H28F3N7O2. The number of hydrogen-bond donors (Lipinski definition) is 3. The molecule has 9 nitrogen and oxygen atoms in total. The molecule has 0 unspecified atom stereocenters. The average Bonchev–Trinajstić information content (AvgIpc) is 3.00. The molecule has 1 aliphatic rings. The number of anilines is 2. The number of urea groups is 1. The fourth-order valence-corrected chi connectivity index (χ4v) is 4.92. The molecule has 0 aromatic heterocycles. The first-order chi connectivity index (χ1) is 20.1. The van der Waals surface area contributed by atoms with E-state index in [1.165, 1.54) is 54.0 Å². The third-order valence-corrected chi connectivity index (χ3v) is 7.10. The van der Waals surface area contributed by atoms with Crippen LogP contribution in [0.5, 0.6) is 0 Å². The number of aliphatic imine (C=N–C) groups is 1. The second kappa shape index (κ2) is 13.1. The van der Waals surface area contributed by atoms with Crippen molar-refractivity contribution < 1.29 is 22.8 Å². The van der Waals surface area contributed by atoms with Crippen LogP contribution in [0.1, 0.15) is 70.6 Å². The average molecular weight is 576 g/mol. The van der Waals surface area contributed by atoms with Crippen LogP contribution in [0.4, 0.5) is 29.3 Å². The van der Waals surface area contributed by atoms with Crippen LogP contribution in [0.2, 0.25) is 0 Å². The Morgan fingerprint density at radius 1 is 1.02 bits per heavy atom. The van der Waals surface area contributed by atoms with Crippen LogP contribution < -0.4 is 16.0 Å². The van der Waals surface area contributed by atoms with Gasteiger partial charge in [0.1, 0.15) is 0 Å². The number of alkyl halides is 3. The summed E-state index contributed by atoms with van der Waals surface area (Å²) >= 11 is 0. The molecule has 4 rings (SSSR count). The molecule has 42 heavy (non-hydrogen) atoms. The molecule has 0 spiro atoms. The number of hydrogen-bond acceptors (Lipinski definition) is 4. The quantitative estimate of drug-likeness (QED) is 0.160. The molecule has 0 saturated heterocycles. The van der Waals surface area contributed by atoms with Gasteiger partial charge in [-0.2, -0.15) is 23.4 Å². The number of nitriles is 1. The van der Waals surface area contributed by atoms with Crippen molar-refractivity contribution in [2.75, 3.05) is 10.2 Å². The largest absolute Gasteiger partial charge is 0.417 e. The molecule has 4 N–H and O–H groups in total. The highest BCUT2D eigenvalue weighted by molar-refractivity contribution is 6.03. The van der Waals surface area contributed by atoms with Crippen LogP contribution in [0.15, 0.2) is 76.8 Å². The van der Waals surface area contributed by atoms with E-state index in [2.05, 4.69) is 15.4 Å². The first-order valence-electron chi connectivity index (χ1n) is 13.2.